The maximum Gasteiger partial charge on any atom is 0.123 e. The number of anilines is 2. The molecule has 1 aromatic carbocycles. The molecule has 1 aromatic rings. The van der Waals surface area contributed by atoms with Crippen molar-refractivity contribution in [3.05, 3.63) is 18.2 Å². The largest absolute Gasteiger partial charge is 0.494 e. The lowest BCUT2D eigenvalue weighted by atomic mass is 10.1. The molecule has 0 fully saturated rings. The van der Waals surface area contributed by atoms with Gasteiger partial charge in [0.05, 0.1) is 18.6 Å². The molecule has 1 atom stereocenters. The lowest BCUT2D eigenvalue weighted by Gasteiger charge is -2.25. The van der Waals surface area contributed by atoms with E-state index < -0.39 is 0 Å². The fraction of sp³-hybridized carbons (Fsp3) is 0.500. The zero-order valence-corrected chi connectivity index (χ0v) is 11.3. The van der Waals surface area contributed by atoms with Gasteiger partial charge in [-0.1, -0.05) is 0 Å². The Balaban J connectivity index is 2.94. The van der Waals surface area contributed by atoms with Crippen LogP contribution in [0.3, 0.4) is 0 Å². The highest BCUT2D eigenvalue weighted by atomic mass is 16.5. The molecule has 0 aliphatic carbocycles. The molecule has 0 spiro atoms. The summed E-state index contributed by atoms with van der Waals surface area (Å²) in [5, 5.41) is 8.89. The van der Waals surface area contributed by atoms with Crippen LogP contribution in [0.4, 0.5) is 11.4 Å². The molecule has 0 amide bonds. The number of hydrogen-bond donors (Lipinski definition) is 1. The normalized spacial score (nSPS) is 11.7. The van der Waals surface area contributed by atoms with Gasteiger partial charge in [-0.3, -0.25) is 0 Å². The quantitative estimate of drug-likeness (QED) is 0.785. The summed E-state index contributed by atoms with van der Waals surface area (Å²) < 4.78 is 5.48. The van der Waals surface area contributed by atoms with Crippen molar-refractivity contribution >= 4 is 11.4 Å². The van der Waals surface area contributed by atoms with E-state index in [-0.39, 0.29) is 5.92 Å². The van der Waals surface area contributed by atoms with E-state index in [4.69, 9.17) is 15.7 Å². The van der Waals surface area contributed by atoms with Gasteiger partial charge in [-0.05, 0) is 26.8 Å². The van der Waals surface area contributed by atoms with E-state index in [1.54, 1.807) is 0 Å². The molecule has 0 bridgehead atoms. The summed E-state index contributed by atoms with van der Waals surface area (Å²) in [5.74, 6) is 0.762. The molecule has 1 rings (SSSR count). The topological polar surface area (TPSA) is 62.3 Å². The maximum atomic E-state index is 8.89. The minimum atomic E-state index is -0.0121. The second kappa shape index (κ2) is 6.75. The molecule has 0 heterocycles. The van der Waals surface area contributed by atoms with Crippen LogP contribution in [0.2, 0.25) is 0 Å². The summed E-state index contributed by atoms with van der Waals surface area (Å²) in [6.45, 7) is 8.07. The minimum absolute atomic E-state index is 0.0121. The second-order valence-corrected chi connectivity index (χ2v) is 4.26. The van der Waals surface area contributed by atoms with Gasteiger partial charge in [0.15, 0.2) is 0 Å². The van der Waals surface area contributed by atoms with Gasteiger partial charge in [-0.15, -0.1) is 0 Å². The Kier molecular flexibility index (Phi) is 5.31. The number of ether oxygens (including phenoxy) is 1. The molecule has 4 nitrogen and oxygen atoms in total. The first-order valence-corrected chi connectivity index (χ1v) is 6.28. The second-order valence-electron chi connectivity index (χ2n) is 4.26. The summed E-state index contributed by atoms with van der Waals surface area (Å²) in [6.07, 6.45) is 0. The van der Waals surface area contributed by atoms with E-state index in [0.717, 1.165) is 18.0 Å². The molecule has 0 aliphatic heterocycles. The van der Waals surface area contributed by atoms with E-state index in [1.165, 1.54) is 0 Å². The van der Waals surface area contributed by atoms with Gasteiger partial charge in [0.1, 0.15) is 5.75 Å². The van der Waals surface area contributed by atoms with Gasteiger partial charge in [0, 0.05) is 36.6 Å². The zero-order valence-electron chi connectivity index (χ0n) is 11.3. The fourth-order valence-corrected chi connectivity index (χ4v) is 1.83. The first-order valence-electron chi connectivity index (χ1n) is 6.28. The first-order chi connectivity index (χ1) is 8.60. The van der Waals surface area contributed by atoms with Crippen molar-refractivity contribution in [2.45, 2.75) is 20.8 Å². The van der Waals surface area contributed by atoms with Gasteiger partial charge < -0.3 is 15.4 Å². The summed E-state index contributed by atoms with van der Waals surface area (Å²) in [5.41, 5.74) is 7.56. The number of nitriles is 1. The summed E-state index contributed by atoms with van der Waals surface area (Å²) >= 11 is 0. The molecular weight excluding hydrogens is 226 g/mol. The van der Waals surface area contributed by atoms with Gasteiger partial charge >= 0.3 is 0 Å². The van der Waals surface area contributed by atoms with E-state index >= 15 is 0 Å². The maximum absolute atomic E-state index is 8.89. The van der Waals surface area contributed by atoms with Crippen LogP contribution < -0.4 is 15.4 Å². The molecular formula is C14H21N3O. The number of nitrogens with zero attached hydrogens (tertiary/aromatic N) is 2. The van der Waals surface area contributed by atoms with Crippen LogP contribution in [-0.4, -0.2) is 19.7 Å². The van der Waals surface area contributed by atoms with Gasteiger partial charge in [0.25, 0.3) is 0 Å². The number of nitrogens with two attached hydrogens (primary N) is 1. The number of hydrogen-bond acceptors (Lipinski definition) is 4. The summed E-state index contributed by atoms with van der Waals surface area (Å²) in [4.78, 5) is 2.13. The van der Waals surface area contributed by atoms with E-state index in [0.29, 0.717) is 18.8 Å². The fourth-order valence-electron chi connectivity index (χ4n) is 1.83. The summed E-state index contributed by atoms with van der Waals surface area (Å²) in [7, 11) is 0. The van der Waals surface area contributed by atoms with Crippen LogP contribution in [0.15, 0.2) is 18.2 Å². The average molecular weight is 247 g/mol. The predicted molar refractivity (Wildman–Crippen MR) is 74.7 cm³/mol. The third-order valence-electron chi connectivity index (χ3n) is 2.69. The molecule has 0 saturated heterocycles. The molecule has 98 valence electrons. The highest BCUT2D eigenvalue weighted by Gasteiger charge is 2.10. The van der Waals surface area contributed by atoms with Crippen molar-refractivity contribution in [2.75, 3.05) is 30.3 Å². The molecule has 18 heavy (non-hydrogen) atoms. The Morgan fingerprint density at radius 3 is 2.67 bits per heavy atom. The predicted octanol–water partition coefficient (Wildman–Crippen LogP) is 2.65. The third kappa shape index (κ3) is 3.85. The van der Waals surface area contributed by atoms with Crippen LogP contribution in [0, 0.1) is 17.2 Å². The van der Waals surface area contributed by atoms with Crippen LogP contribution >= 0.6 is 0 Å². The van der Waals surface area contributed by atoms with Gasteiger partial charge in [-0.25, -0.2) is 0 Å². The molecule has 0 aromatic heterocycles. The summed E-state index contributed by atoms with van der Waals surface area (Å²) in [6, 6.07) is 7.94. The van der Waals surface area contributed by atoms with Crippen LogP contribution in [0.5, 0.6) is 5.75 Å². The molecule has 0 saturated carbocycles. The Morgan fingerprint density at radius 2 is 2.11 bits per heavy atom. The monoisotopic (exact) mass is 247 g/mol. The van der Waals surface area contributed by atoms with Crippen molar-refractivity contribution in [3.8, 4) is 11.8 Å². The Bertz CT molecular complexity index is 426. The van der Waals surface area contributed by atoms with Crippen LogP contribution in [-0.2, 0) is 0 Å². The third-order valence-corrected chi connectivity index (χ3v) is 2.69. The van der Waals surface area contributed by atoms with Crippen molar-refractivity contribution < 1.29 is 4.74 Å². The van der Waals surface area contributed by atoms with E-state index in [9.17, 15) is 0 Å². The number of rotatable bonds is 6. The lowest BCUT2D eigenvalue weighted by Crippen LogP contribution is -2.27. The standard InChI is InChI=1S/C14H21N3O/c1-4-17(10-11(3)9-15)13-6-12(16)7-14(8-13)18-5-2/h6-8,11H,4-5,10,16H2,1-3H3. The number of benzene rings is 1. The smallest absolute Gasteiger partial charge is 0.123 e. The lowest BCUT2D eigenvalue weighted by molar-refractivity contribution is 0.340. The van der Waals surface area contributed by atoms with Crippen molar-refractivity contribution in [2.24, 2.45) is 5.92 Å². The SMILES string of the molecule is CCOc1cc(N)cc(N(CC)CC(C)C#N)c1. The first kappa shape index (κ1) is 14.2. The molecule has 0 radical (unpaired) electrons. The molecule has 1 unspecified atom stereocenters. The van der Waals surface area contributed by atoms with E-state index in [2.05, 4.69) is 17.9 Å². The molecule has 0 aliphatic rings. The number of nitrogen functional groups attached to an aromatic ring is 1. The molecule has 4 heteroatoms. The highest BCUT2D eigenvalue weighted by Crippen LogP contribution is 2.26. The Hall–Kier alpha value is -1.89. The zero-order chi connectivity index (χ0) is 13.5. The van der Waals surface area contributed by atoms with Gasteiger partial charge in [0.2, 0.25) is 0 Å². The minimum Gasteiger partial charge on any atom is -0.494 e. The van der Waals surface area contributed by atoms with Crippen molar-refractivity contribution in [1.29, 1.82) is 5.26 Å². The Labute approximate surface area is 109 Å². The van der Waals surface area contributed by atoms with Crippen LogP contribution in [0.1, 0.15) is 20.8 Å². The average Bonchev–Trinajstić information content (AvgIpc) is 2.35. The highest BCUT2D eigenvalue weighted by molar-refractivity contribution is 5.60. The Morgan fingerprint density at radius 1 is 1.39 bits per heavy atom. The van der Waals surface area contributed by atoms with Crippen LogP contribution in [0.25, 0.3) is 0 Å². The van der Waals surface area contributed by atoms with Crippen molar-refractivity contribution in [3.63, 3.8) is 0 Å². The van der Waals surface area contributed by atoms with Gasteiger partial charge in [-0.2, -0.15) is 5.26 Å². The van der Waals surface area contributed by atoms with Crippen molar-refractivity contribution in [1.82, 2.24) is 0 Å². The van der Waals surface area contributed by atoms with E-state index in [1.807, 2.05) is 32.0 Å². The molecule has 2 N–H and O–H groups in total.